The molecule has 3 aromatic heterocycles. The molecule has 0 aromatic carbocycles. The van der Waals surface area contributed by atoms with Crippen molar-refractivity contribution >= 4 is 11.8 Å². The predicted octanol–water partition coefficient (Wildman–Crippen LogP) is 2.49. The summed E-state index contributed by atoms with van der Waals surface area (Å²) in [5, 5.41) is 13.2. The Morgan fingerprint density at radius 2 is 2.15 bits per heavy atom. The van der Waals surface area contributed by atoms with Crippen LogP contribution in [0.4, 0.5) is 5.82 Å². The zero-order valence-corrected chi connectivity index (χ0v) is 13.9. The number of carboxylic acids is 1. The third-order valence-corrected chi connectivity index (χ3v) is 4.44. The molecule has 1 aliphatic heterocycles. The summed E-state index contributed by atoms with van der Waals surface area (Å²) in [6.07, 6.45) is 6.58. The number of anilines is 1. The molecule has 0 spiro atoms. The van der Waals surface area contributed by atoms with Crippen molar-refractivity contribution in [2.45, 2.75) is 12.8 Å². The van der Waals surface area contributed by atoms with E-state index in [1.54, 1.807) is 18.6 Å². The highest BCUT2D eigenvalue weighted by Gasteiger charge is 2.26. The van der Waals surface area contributed by atoms with E-state index in [0.717, 1.165) is 24.3 Å². The van der Waals surface area contributed by atoms with Crippen LogP contribution in [0.2, 0.25) is 0 Å². The van der Waals surface area contributed by atoms with Gasteiger partial charge in [0, 0.05) is 37.2 Å². The third-order valence-electron chi connectivity index (χ3n) is 4.44. The van der Waals surface area contributed by atoms with E-state index in [4.69, 9.17) is 4.52 Å². The fourth-order valence-electron chi connectivity index (χ4n) is 3.04. The summed E-state index contributed by atoms with van der Waals surface area (Å²) in [7, 11) is 0. The van der Waals surface area contributed by atoms with E-state index in [9.17, 15) is 9.90 Å². The molecule has 8 heteroatoms. The first-order valence-electron chi connectivity index (χ1n) is 8.39. The number of hydrogen-bond acceptors (Lipinski definition) is 7. The molecule has 1 aliphatic rings. The minimum Gasteiger partial charge on any atom is -0.481 e. The molecule has 0 bridgehead atoms. The predicted molar refractivity (Wildman–Crippen MR) is 93.3 cm³/mol. The van der Waals surface area contributed by atoms with Crippen molar-refractivity contribution in [3.05, 3.63) is 42.9 Å². The number of carbonyl (C=O) groups is 1. The highest BCUT2D eigenvalue weighted by atomic mass is 16.5. The molecule has 4 rings (SSSR count). The van der Waals surface area contributed by atoms with E-state index >= 15 is 0 Å². The van der Waals surface area contributed by atoms with Crippen molar-refractivity contribution in [1.82, 2.24) is 20.1 Å². The average molecular weight is 351 g/mol. The van der Waals surface area contributed by atoms with Gasteiger partial charge in [-0.15, -0.1) is 0 Å². The molecule has 8 nitrogen and oxygen atoms in total. The van der Waals surface area contributed by atoms with E-state index in [2.05, 4.69) is 20.1 Å². The molecule has 3 aromatic rings. The summed E-state index contributed by atoms with van der Waals surface area (Å²) in [5.74, 6) is 0.512. The minimum absolute atomic E-state index is 0.344. The molecule has 26 heavy (non-hydrogen) atoms. The average Bonchev–Trinajstić information content (AvgIpc) is 3.19. The van der Waals surface area contributed by atoms with Crippen LogP contribution in [-0.4, -0.2) is 44.3 Å². The first kappa shape index (κ1) is 16.2. The Labute approximate surface area is 149 Å². The van der Waals surface area contributed by atoms with Gasteiger partial charge >= 0.3 is 5.97 Å². The number of aromatic nitrogens is 4. The van der Waals surface area contributed by atoms with Gasteiger partial charge in [0.15, 0.2) is 0 Å². The van der Waals surface area contributed by atoms with Crippen molar-refractivity contribution in [1.29, 1.82) is 0 Å². The number of rotatable bonds is 4. The Morgan fingerprint density at radius 1 is 1.23 bits per heavy atom. The molecule has 0 radical (unpaired) electrons. The number of carboxylic acid groups (broad SMARTS) is 1. The summed E-state index contributed by atoms with van der Waals surface area (Å²) in [5.41, 5.74) is 1.49. The summed E-state index contributed by atoms with van der Waals surface area (Å²) in [6, 6.07) is 7.38. The number of pyridine rings is 2. The standard InChI is InChI=1S/C18H17N5O3/c24-18(25)14-4-2-8-23(11-14)15-6-5-13(10-20-15)17-21-16(22-26-17)12-3-1-7-19-9-12/h1,3,5-7,9-10,14H,2,4,8,11H2,(H,24,25). The Bertz CT molecular complexity index is 895. The van der Waals surface area contributed by atoms with Crippen LogP contribution in [0.3, 0.4) is 0 Å². The highest BCUT2D eigenvalue weighted by molar-refractivity contribution is 5.71. The third kappa shape index (κ3) is 3.26. The van der Waals surface area contributed by atoms with Crippen molar-refractivity contribution in [3.8, 4) is 22.8 Å². The van der Waals surface area contributed by atoms with Crippen molar-refractivity contribution in [2.24, 2.45) is 5.92 Å². The smallest absolute Gasteiger partial charge is 0.308 e. The number of aliphatic carboxylic acids is 1. The minimum atomic E-state index is -0.750. The topological polar surface area (TPSA) is 105 Å². The number of piperidine rings is 1. The number of nitrogens with zero attached hydrogens (tertiary/aromatic N) is 5. The maximum atomic E-state index is 11.2. The summed E-state index contributed by atoms with van der Waals surface area (Å²) < 4.78 is 5.32. The summed E-state index contributed by atoms with van der Waals surface area (Å²) in [6.45, 7) is 1.29. The molecule has 0 saturated carbocycles. The van der Waals surface area contributed by atoms with Crippen molar-refractivity contribution in [2.75, 3.05) is 18.0 Å². The van der Waals surface area contributed by atoms with E-state index in [1.807, 2.05) is 29.2 Å². The normalized spacial score (nSPS) is 17.2. The van der Waals surface area contributed by atoms with Crippen LogP contribution in [-0.2, 0) is 4.79 Å². The Morgan fingerprint density at radius 3 is 2.88 bits per heavy atom. The second-order valence-electron chi connectivity index (χ2n) is 6.19. The maximum absolute atomic E-state index is 11.2. The fraction of sp³-hybridized carbons (Fsp3) is 0.278. The van der Waals surface area contributed by atoms with Gasteiger partial charge in [0.2, 0.25) is 5.82 Å². The zero-order valence-electron chi connectivity index (χ0n) is 13.9. The van der Waals surface area contributed by atoms with Crippen LogP contribution in [0.5, 0.6) is 0 Å². The Hall–Kier alpha value is -3.29. The molecular weight excluding hydrogens is 334 g/mol. The van der Waals surface area contributed by atoms with Gasteiger partial charge in [-0.05, 0) is 37.1 Å². The summed E-state index contributed by atoms with van der Waals surface area (Å²) in [4.78, 5) is 26.1. The first-order chi connectivity index (χ1) is 12.7. The molecule has 1 atom stereocenters. The second-order valence-corrected chi connectivity index (χ2v) is 6.19. The lowest BCUT2D eigenvalue weighted by atomic mass is 9.98. The van der Waals surface area contributed by atoms with Crippen molar-refractivity contribution < 1.29 is 14.4 Å². The maximum Gasteiger partial charge on any atom is 0.308 e. The molecule has 1 saturated heterocycles. The van der Waals surface area contributed by atoms with Gasteiger partial charge < -0.3 is 14.5 Å². The SMILES string of the molecule is O=C(O)C1CCCN(c2ccc(-c3nc(-c4cccnc4)no3)cn2)C1. The second kappa shape index (κ2) is 6.91. The molecule has 0 amide bonds. The van der Waals surface area contributed by atoms with Gasteiger partial charge in [0.25, 0.3) is 5.89 Å². The molecule has 0 aliphatic carbocycles. The van der Waals surface area contributed by atoms with Crippen LogP contribution < -0.4 is 4.90 Å². The highest BCUT2D eigenvalue weighted by Crippen LogP contribution is 2.25. The fourth-order valence-corrected chi connectivity index (χ4v) is 3.04. The monoisotopic (exact) mass is 351 g/mol. The summed E-state index contributed by atoms with van der Waals surface area (Å²) >= 11 is 0. The van der Waals surface area contributed by atoms with Gasteiger partial charge in [-0.25, -0.2) is 4.98 Å². The van der Waals surface area contributed by atoms with Gasteiger partial charge in [-0.3, -0.25) is 9.78 Å². The lowest BCUT2D eigenvalue weighted by Crippen LogP contribution is -2.39. The number of hydrogen-bond donors (Lipinski definition) is 1. The molecule has 1 unspecified atom stereocenters. The molecule has 1 N–H and O–H groups in total. The van der Waals surface area contributed by atoms with Gasteiger partial charge in [-0.2, -0.15) is 4.98 Å². The van der Waals surface area contributed by atoms with Crippen LogP contribution >= 0.6 is 0 Å². The molecule has 4 heterocycles. The Balaban J connectivity index is 1.51. The lowest BCUT2D eigenvalue weighted by molar-refractivity contribution is -0.141. The van der Waals surface area contributed by atoms with Crippen LogP contribution in [0.15, 0.2) is 47.4 Å². The molecular formula is C18H17N5O3. The van der Waals surface area contributed by atoms with Crippen molar-refractivity contribution in [3.63, 3.8) is 0 Å². The zero-order chi connectivity index (χ0) is 17.9. The van der Waals surface area contributed by atoms with E-state index < -0.39 is 5.97 Å². The van der Waals surface area contributed by atoms with E-state index in [1.165, 1.54) is 0 Å². The van der Waals surface area contributed by atoms with Gasteiger partial charge in [0.05, 0.1) is 11.5 Å². The van der Waals surface area contributed by atoms with Crippen LogP contribution in [0.1, 0.15) is 12.8 Å². The van der Waals surface area contributed by atoms with Crippen LogP contribution in [0.25, 0.3) is 22.8 Å². The lowest BCUT2D eigenvalue weighted by Gasteiger charge is -2.31. The Kier molecular flexibility index (Phi) is 4.30. The van der Waals surface area contributed by atoms with E-state index in [-0.39, 0.29) is 5.92 Å². The van der Waals surface area contributed by atoms with Gasteiger partial charge in [0.1, 0.15) is 5.82 Å². The van der Waals surface area contributed by atoms with Crippen LogP contribution in [0, 0.1) is 5.92 Å². The largest absolute Gasteiger partial charge is 0.481 e. The quantitative estimate of drug-likeness (QED) is 0.764. The molecule has 1 fully saturated rings. The van der Waals surface area contributed by atoms with E-state index in [0.29, 0.717) is 30.2 Å². The molecule has 132 valence electrons. The van der Waals surface area contributed by atoms with Gasteiger partial charge in [-0.1, -0.05) is 5.16 Å². The first-order valence-corrected chi connectivity index (χ1v) is 8.39.